The van der Waals surface area contributed by atoms with Gasteiger partial charge >= 0.3 is 0 Å². The number of hydrogen-bond donors (Lipinski definition) is 2. The van der Waals surface area contributed by atoms with Crippen LogP contribution in [-0.2, 0) is 16.6 Å². The summed E-state index contributed by atoms with van der Waals surface area (Å²) in [4.78, 5) is 12.8. The van der Waals surface area contributed by atoms with Gasteiger partial charge in [0, 0.05) is 24.3 Å². The van der Waals surface area contributed by atoms with E-state index in [9.17, 15) is 15.0 Å². The molecule has 2 bridgehead atoms. The van der Waals surface area contributed by atoms with Gasteiger partial charge in [-0.15, -0.1) is 0 Å². The number of quaternary nitrogens is 1. The number of benzene rings is 1. The quantitative estimate of drug-likeness (QED) is 0.782. The number of carbonyl (C=O) groups is 1. The second-order valence-electron chi connectivity index (χ2n) is 9.63. The van der Waals surface area contributed by atoms with Crippen molar-refractivity contribution in [1.82, 2.24) is 0 Å². The minimum Gasteiger partial charge on any atom is -0.504 e. The average molecular weight is 368 g/mol. The third-order valence-corrected chi connectivity index (χ3v) is 8.42. The van der Waals surface area contributed by atoms with Crippen molar-refractivity contribution in [3.63, 3.8) is 0 Å². The number of likely N-dealkylation sites (tertiary alicyclic amines) is 1. The van der Waals surface area contributed by atoms with Crippen molar-refractivity contribution in [2.24, 2.45) is 5.92 Å². The molecule has 5 heteroatoms. The molecule has 6 rings (SSSR count). The molecule has 5 aliphatic rings. The van der Waals surface area contributed by atoms with E-state index >= 15 is 0 Å². The molecular weight excluding hydrogens is 342 g/mol. The van der Waals surface area contributed by atoms with Gasteiger partial charge in [-0.05, 0) is 36.6 Å². The summed E-state index contributed by atoms with van der Waals surface area (Å²) in [6, 6.07) is 3.65. The SMILES string of the molecule is C[N+]1(CC2CCC2)CCC23c4c5ccc(O)c4O[C@H]2C(=O)C=C[C@@]3(O)C1C5. The summed E-state index contributed by atoms with van der Waals surface area (Å²) in [5, 5.41) is 22.5. The Bertz CT molecular complexity index is 906. The number of phenols is 1. The maximum absolute atomic E-state index is 12.8. The molecule has 2 N–H and O–H groups in total. The molecule has 5 nitrogen and oxygen atoms in total. The number of ether oxygens (including phenoxy) is 1. The van der Waals surface area contributed by atoms with E-state index in [4.69, 9.17) is 4.74 Å². The van der Waals surface area contributed by atoms with Gasteiger partial charge < -0.3 is 19.4 Å². The van der Waals surface area contributed by atoms with Gasteiger partial charge in [-0.3, -0.25) is 4.79 Å². The first kappa shape index (κ1) is 16.1. The third kappa shape index (κ3) is 1.67. The minimum atomic E-state index is -1.12. The highest BCUT2D eigenvalue weighted by molar-refractivity contribution is 5.98. The van der Waals surface area contributed by atoms with Gasteiger partial charge in [0.25, 0.3) is 0 Å². The van der Waals surface area contributed by atoms with Crippen LogP contribution in [0.1, 0.15) is 36.8 Å². The Morgan fingerprint density at radius 1 is 1.33 bits per heavy atom. The topological polar surface area (TPSA) is 66.8 Å². The van der Waals surface area contributed by atoms with Crippen LogP contribution in [0.25, 0.3) is 0 Å². The highest BCUT2D eigenvalue weighted by atomic mass is 16.5. The molecule has 2 heterocycles. The number of aliphatic hydroxyl groups is 1. The number of hydrogen-bond acceptors (Lipinski definition) is 4. The smallest absolute Gasteiger partial charge is 0.197 e. The molecule has 3 aliphatic carbocycles. The van der Waals surface area contributed by atoms with Crippen LogP contribution in [0.4, 0.5) is 0 Å². The van der Waals surface area contributed by atoms with E-state index in [1.54, 1.807) is 12.1 Å². The number of piperidine rings is 1. The first-order chi connectivity index (χ1) is 12.9. The summed E-state index contributed by atoms with van der Waals surface area (Å²) in [7, 11) is 2.29. The molecule has 1 aromatic carbocycles. The molecule has 5 atom stereocenters. The Hall–Kier alpha value is -1.85. The number of nitrogens with zero attached hydrogens (tertiary/aromatic N) is 1. The van der Waals surface area contributed by atoms with Gasteiger partial charge in [0.2, 0.25) is 0 Å². The number of ketones is 1. The van der Waals surface area contributed by atoms with E-state index in [2.05, 4.69) is 7.05 Å². The van der Waals surface area contributed by atoms with Crippen molar-refractivity contribution >= 4 is 5.78 Å². The molecule has 1 spiro atoms. The van der Waals surface area contributed by atoms with Gasteiger partial charge in [-0.25, -0.2) is 0 Å². The summed E-state index contributed by atoms with van der Waals surface area (Å²) in [6.07, 6.45) is 7.90. The molecule has 27 heavy (non-hydrogen) atoms. The fraction of sp³-hybridized carbons (Fsp3) is 0.591. The largest absolute Gasteiger partial charge is 0.504 e. The predicted octanol–water partition coefficient (Wildman–Crippen LogP) is 1.84. The molecule has 1 aromatic rings. The maximum atomic E-state index is 12.8. The van der Waals surface area contributed by atoms with E-state index in [0.717, 1.165) is 41.0 Å². The fourth-order valence-corrected chi connectivity index (χ4v) is 6.89. The predicted molar refractivity (Wildman–Crippen MR) is 98.7 cm³/mol. The highest BCUT2D eigenvalue weighted by Gasteiger charge is 2.75. The van der Waals surface area contributed by atoms with Crippen LogP contribution in [0.15, 0.2) is 24.3 Å². The lowest BCUT2D eigenvalue weighted by molar-refractivity contribution is -0.951. The monoisotopic (exact) mass is 368 g/mol. The van der Waals surface area contributed by atoms with Crippen molar-refractivity contribution in [2.75, 3.05) is 20.1 Å². The summed E-state index contributed by atoms with van der Waals surface area (Å²) >= 11 is 0. The Labute approximate surface area is 158 Å². The molecular formula is C22H26NO4+. The van der Waals surface area contributed by atoms with Crippen LogP contribution in [0.3, 0.4) is 0 Å². The van der Waals surface area contributed by atoms with E-state index < -0.39 is 17.1 Å². The van der Waals surface area contributed by atoms with Crippen molar-refractivity contribution in [2.45, 2.75) is 55.3 Å². The third-order valence-electron chi connectivity index (χ3n) is 8.42. The van der Waals surface area contributed by atoms with Gasteiger partial charge in [-0.2, -0.15) is 0 Å². The van der Waals surface area contributed by atoms with E-state index in [-0.39, 0.29) is 17.6 Å². The molecule has 0 aromatic heterocycles. The molecule has 2 fully saturated rings. The normalized spacial score (nSPS) is 43.9. The van der Waals surface area contributed by atoms with Crippen LogP contribution < -0.4 is 4.74 Å². The van der Waals surface area contributed by atoms with Crippen molar-refractivity contribution in [3.8, 4) is 11.5 Å². The maximum Gasteiger partial charge on any atom is 0.197 e. The second-order valence-corrected chi connectivity index (χ2v) is 9.63. The first-order valence-corrected chi connectivity index (χ1v) is 10.2. The molecule has 2 aliphatic heterocycles. The molecule has 1 saturated carbocycles. The van der Waals surface area contributed by atoms with Gasteiger partial charge in [-0.1, -0.05) is 12.5 Å². The van der Waals surface area contributed by atoms with Crippen molar-refractivity contribution < 1.29 is 24.2 Å². The zero-order valence-corrected chi connectivity index (χ0v) is 15.6. The Balaban J connectivity index is 1.58. The average Bonchev–Trinajstić information content (AvgIpc) is 2.97. The van der Waals surface area contributed by atoms with E-state index in [1.165, 1.54) is 25.3 Å². The summed E-state index contributed by atoms with van der Waals surface area (Å²) < 4.78 is 6.90. The number of phenolic OH excluding ortho intramolecular Hbond substituents is 1. The number of likely N-dealkylation sites (N-methyl/N-ethyl adjacent to an activating group) is 1. The Kier molecular flexibility index (Phi) is 2.84. The second kappa shape index (κ2) is 4.76. The molecule has 0 amide bonds. The minimum absolute atomic E-state index is 0.00490. The standard InChI is InChI=1S/C22H25NO4/c1-23(12-13-3-2-4-13)10-9-21-18-14-5-6-15(24)19(18)27-20(21)16(25)7-8-22(21,26)17(23)11-14/h5-8,13,17,20,26H,2-4,9-12H2,1H3/p+1/t17?,20-,21?,22+,23?/m0/s1. The zero-order chi connectivity index (χ0) is 18.6. The van der Waals surface area contributed by atoms with E-state index in [0.29, 0.717) is 12.2 Å². The lowest BCUT2D eigenvalue weighted by atomic mass is 9.50. The van der Waals surface area contributed by atoms with E-state index in [1.807, 2.05) is 6.07 Å². The number of carbonyl (C=O) groups excluding carboxylic acids is 1. The lowest BCUT2D eigenvalue weighted by Crippen LogP contribution is -2.80. The van der Waals surface area contributed by atoms with Crippen LogP contribution in [0.2, 0.25) is 0 Å². The van der Waals surface area contributed by atoms with Crippen molar-refractivity contribution in [1.29, 1.82) is 0 Å². The molecule has 0 radical (unpaired) electrons. The Morgan fingerprint density at radius 2 is 2.15 bits per heavy atom. The first-order valence-electron chi connectivity index (χ1n) is 10.2. The van der Waals surface area contributed by atoms with Crippen molar-refractivity contribution in [3.05, 3.63) is 35.4 Å². The molecule has 1 saturated heterocycles. The molecule has 3 unspecified atom stereocenters. The lowest BCUT2D eigenvalue weighted by Gasteiger charge is -2.63. The van der Waals surface area contributed by atoms with Gasteiger partial charge in [0.05, 0.1) is 25.6 Å². The van der Waals surface area contributed by atoms with Gasteiger partial charge in [0.15, 0.2) is 23.4 Å². The molecule has 142 valence electrons. The van der Waals surface area contributed by atoms with Crippen LogP contribution in [-0.4, -0.2) is 58.4 Å². The zero-order valence-electron chi connectivity index (χ0n) is 15.6. The summed E-state index contributed by atoms with van der Waals surface area (Å²) in [5.41, 5.74) is 0.135. The summed E-state index contributed by atoms with van der Waals surface area (Å²) in [6.45, 7) is 2.02. The van der Waals surface area contributed by atoms with Gasteiger partial charge in [0.1, 0.15) is 11.6 Å². The van der Waals surface area contributed by atoms with Crippen LogP contribution in [0.5, 0.6) is 11.5 Å². The van der Waals surface area contributed by atoms with Crippen LogP contribution >= 0.6 is 0 Å². The number of rotatable bonds is 2. The highest BCUT2D eigenvalue weighted by Crippen LogP contribution is 2.64. The fourth-order valence-electron chi connectivity index (χ4n) is 6.89. The van der Waals surface area contributed by atoms with Crippen LogP contribution in [0, 0.1) is 5.92 Å². The number of aromatic hydroxyl groups is 1. The summed E-state index contributed by atoms with van der Waals surface area (Å²) in [5.74, 6) is 1.14. The Morgan fingerprint density at radius 3 is 2.89 bits per heavy atom.